The van der Waals surface area contributed by atoms with Gasteiger partial charge in [-0.15, -0.1) is 0 Å². The van der Waals surface area contributed by atoms with Crippen LogP contribution in [-0.4, -0.2) is 24.1 Å². The Kier molecular flexibility index (Phi) is 5.37. The van der Waals surface area contributed by atoms with Crippen LogP contribution in [0.1, 0.15) is 18.1 Å². The summed E-state index contributed by atoms with van der Waals surface area (Å²) in [5.41, 5.74) is 3.56. The van der Waals surface area contributed by atoms with Crippen LogP contribution in [0.4, 0.5) is 10.8 Å². The molecular formula is C26H22N2O3S. The van der Waals surface area contributed by atoms with Crippen molar-refractivity contribution in [1.82, 2.24) is 4.98 Å². The fraction of sp³-hybridized carbons (Fsp3) is 0.154. The number of para-hydroxylation sites is 2. The average molecular weight is 443 g/mol. The lowest BCUT2D eigenvalue weighted by molar-refractivity contribution is -0.113. The molecule has 0 fully saturated rings. The number of benzene rings is 3. The predicted molar refractivity (Wildman–Crippen MR) is 129 cm³/mol. The van der Waals surface area contributed by atoms with Gasteiger partial charge in [-0.05, 0) is 49.4 Å². The summed E-state index contributed by atoms with van der Waals surface area (Å²) in [5, 5.41) is 0.630. The Morgan fingerprint density at radius 2 is 1.94 bits per heavy atom. The molecular weight excluding hydrogens is 420 g/mol. The Bertz CT molecular complexity index is 1280. The van der Waals surface area contributed by atoms with E-state index in [-0.39, 0.29) is 12.0 Å². The Labute approximate surface area is 190 Å². The number of aromatic nitrogens is 1. The number of rotatable bonds is 5. The quantitative estimate of drug-likeness (QED) is 0.355. The highest BCUT2D eigenvalue weighted by atomic mass is 32.1. The number of methoxy groups -OCH3 is 1. The van der Waals surface area contributed by atoms with Gasteiger partial charge < -0.3 is 9.47 Å². The van der Waals surface area contributed by atoms with Crippen LogP contribution in [-0.2, 0) is 11.2 Å². The van der Waals surface area contributed by atoms with E-state index >= 15 is 0 Å². The SMILES string of the molecule is COc1cc2c(cc1C=CC(=O)N(c1ccccc1)c1nc3ccccc3s1)OC(C)C2. The summed E-state index contributed by atoms with van der Waals surface area (Å²) in [4.78, 5) is 19.8. The number of carbonyl (C=O) groups excluding carboxylic acids is 1. The van der Waals surface area contributed by atoms with E-state index in [0.717, 1.165) is 45.0 Å². The zero-order valence-corrected chi connectivity index (χ0v) is 18.6. The molecule has 2 heterocycles. The van der Waals surface area contributed by atoms with Crippen LogP contribution in [0.25, 0.3) is 16.3 Å². The number of ether oxygens (including phenoxy) is 2. The lowest BCUT2D eigenvalue weighted by Crippen LogP contribution is -2.23. The first-order valence-electron chi connectivity index (χ1n) is 10.4. The van der Waals surface area contributed by atoms with Crippen molar-refractivity contribution in [3.63, 3.8) is 0 Å². The van der Waals surface area contributed by atoms with Gasteiger partial charge >= 0.3 is 0 Å². The molecule has 0 N–H and O–H groups in total. The van der Waals surface area contributed by atoms with Crippen LogP contribution in [0.3, 0.4) is 0 Å². The number of hydrogen-bond acceptors (Lipinski definition) is 5. The molecule has 1 atom stereocenters. The maximum atomic E-state index is 13.4. The van der Waals surface area contributed by atoms with Crippen LogP contribution in [0, 0.1) is 0 Å². The highest BCUT2D eigenvalue weighted by Gasteiger charge is 2.22. The van der Waals surface area contributed by atoms with Crippen molar-refractivity contribution >= 4 is 44.4 Å². The van der Waals surface area contributed by atoms with Gasteiger partial charge in [0, 0.05) is 23.6 Å². The number of anilines is 2. The first-order chi connectivity index (χ1) is 15.6. The van der Waals surface area contributed by atoms with E-state index in [9.17, 15) is 4.79 Å². The molecule has 1 amide bonds. The molecule has 1 unspecified atom stereocenters. The molecule has 0 saturated heterocycles. The summed E-state index contributed by atoms with van der Waals surface area (Å²) in [5.74, 6) is 1.38. The van der Waals surface area contributed by atoms with Gasteiger partial charge in [-0.25, -0.2) is 4.98 Å². The molecule has 1 aromatic heterocycles. The number of thiazole rings is 1. The maximum Gasteiger partial charge on any atom is 0.257 e. The standard InChI is InChI=1S/C26H22N2O3S/c1-17-14-19-16-22(30-2)18(15-23(19)31-17)12-13-25(29)28(20-8-4-3-5-9-20)26-27-21-10-6-7-11-24(21)32-26/h3-13,15-17H,14H2,1-2H3. The zero-order valence-electron chi connectivity index (χ0n) is 17.8. The summed E-state index contributed by atoms with van der Waals surface area (Å²) >= 11 is 1.49. The van der Waals surface area contributed by atoms with Crippen molar-refractivity contribution in [3.8, 4) is 11.5 Å². The zero-order chi connectivity index (χ0) is 22.1. The van der Waals surface area contributed by atoms with E-state index in [4.69, 9.17) is 14.5 Å². The van der Waals surface area contributed by atoms with Crippen molar-refractivity contribution in [1.29, 1.82) is 0 Å². The van der Waals surface area contributed by atoms with Gasteiger partial charge in [0.1, 0.15) is 17.6 Å². The van der Waals surface area contributed by atoms with Crippen molar-refractivity contribution in [2.75, 3.05) is 12.0 Å². The number of nitrogens with zero attached hydrogens (tertiary/aromatic N) is 2. The van der Waals surface area contributed by atoms with Crippen molar-refractivity contribution in [2.24, 2.45) is 0 Å². The molecule has 160 valence electrons. The molecule has 6 heteroatoms. The lowest BCUT2D eigenvalue weighted by atomic mass is 10.1. The van der Waals surface area contributed by atoms with Crippen LogP contribution >= 0.6 is 11.3 Å². The maximum absolute atomic E-state index is 13.4. The van der Waals surface area contributed by atoms with Gasteiger partial charge in [-0.1, -0.05) is 41.7 Å². The average Bonchev–Trinajstić information content (AvgIpc) is 3.39. The highest BCUT2D eigenvalue weighted by Crippen LogP contribution is 2.36. The van der Waals surface area contributed by atoms with Gasteiger partial charge in [-0.3, -0.25) is 9.69 Å². The lowest BCUT2D eigenvalue weighted by Gasteiger charge is -2.18. The Morgan fingerprint density at radius 3 is 2.72 bits per heavy atom. The number of hydrogen-bond donors (Lipinski definition) is 0. The fourth-order valence-electron chi connectivity index (χ4n) is 3.86. The number of fused-ring (bicyclic) bond motifs is 2. The Balaban J connectivity index is 1.51. The second-order valence-corrected chi connectivity index (χ2v) is 8.65. The Morgan fingerprint density at radius 1 is 1.16 bits per heavy atom. The third kappa shape index (κ3) is 3.85. The molecule has 0 spiro atoms. The van der Waals surface area contributed by atoms with Crippen molar-refractivity contribution in [3.05, 3.63) is 83.9 Å². The molecule has 3 aromatic carbocycles. The van der Waals surface area contributed by atoms with E-state index in [2.05, 4.69) is 0 Å². The second kappa shape index (κ2) is 8.48. The largest absolute Gasteiger partial charge is 0.496 e. The van der Waals surface area contributed by atoms with Crippen LogP contribution in [0.15, 0.2) is 72.8 Å². The first-order valence-corrected chi connectivity index (χ1v) is 11.2. The third-order valence-corrected chi connectivity index (χ3v) is 6.38. The molecule has 5 nitrogen and oxygen atoms in total. The molecule has 0 bridgehead atoms. The topological polar surface area (TPSA) is 51.7 Å². The Hall–Kier alpha value is -3.64. The first kappa shape index (κ1) is 20.3. The minimum atomic E-state index is -0.188. The summed E-state index contributed by atoms with van der Waals surface area (Å²) in [7, 11) is 1.64. The van der Waals surface area contributed by atoms with E-state index in [1.54, 1.807) is 24.2 Å². The van der Waals surface area contributed by atoms with Gasteiger partial charge in [0.25, 0.3) is 5.91 Å². The number of amides is 1. The molecule has 0 saturated carbocycles. The van der Waals surface area contributed by atoms with Crippen LogP contribution in [0.2, 0.25) is 0 Å². The molecule has 1 aliphatic heterocycles. The van der Waals surface area contributed by atoms with Crippen LogP contribution in [0.5, 0.6) is 11.5 Å². The molecule has 32 heavy (non-hydrogen) atoms. The molecule has 0 radical (unpaired) electrons. The van der Waals surface area contributed by atoms with Crippen molar-refractivity contribution in [2.45, 2.75) is 19.4 Å². The van der Waals surface area contributed by atoms with Gasteiger partial charge in [0.05, 0.1) is 23.0 Å². The van der Waals surface area contributed by atoms with Gasteiger partial charge in [-0.2, -0.15) is 0 Å². The van der Waals surface area contributed by atoms with E-state index in [0.29, 0.717) is 5.13 Å². The number of carbonyl (C=O) groups is 1. The van der Waals surface area contributed by atoms with Crippen molar-refractivity contribution < 1.29 is 14.3 Å². The molecule has 1 aliphatic rings. The van der Waals surface area contributed by atoms with Gasteiger partial charge in [0.15, 0.2) is 5.13 Å². The minimum absolute atomic E-state index is 0.142. The molecule has 0 aliphatic carbocycles. The van der Waals surface area contributed by atoms with E-state index in [1.807, 2.05) is 73.7 Å². The summed E-state index contributed by atoms with van der Waals surface area (Å²) in [6, 6.07) is 21.4. The van der Waals surface area contributed by atoms with E-state index in [1.165, 1.54) is 11.3 Å². The third-order valence-electron chi connectivity index (χ3n) is 5.36. The summed E-state index contributed by atoms with van der Waals surface area (Å²) in [6.07, 6.45) is 4.33. The summed E-state index contributed by atoms with van der Waals surface area (Å²) in [6.45, 7) is 2.04. The second-order valence-electron chi connectivity index (χ2n) is 7.64. The predicted octanol–water partition coefficient (Wildman–Crippen LogP) is 6.01. The smallest absolute Gasteiger partial charge is 0.257 e. The molecule has 4 aromatic rings. The van der Waals surface area contributed by atoms with Crippen LogP contribution < -0.4 is 14.4 Å². The summed E-state index contributed by atoms with van der Waals surface area (Å²) < 4.78 is 12.5. The van der Waals surface area contributed by atoms with E-state index < -0.39 is 0 Å². The van der Waals surface area contributed by atoms with Gasteiger partial charge in [0.2, 0.25) is 0 Å². The normalized spacial score (nSPS) is 15.0. The fourth-order valence-corrected chi connectivity index (χ4v) is 4.85. The molecule has 5 rings (SSSR count). The minimum Gasteiger partial charge on any atom is -0.496 e. The monoisotopic (exact) mass is 442 g/mol. The highest BCUT2D eigenvalue weighted by molar-refractivity contribution is 7.22.